The number of nitrogens with one attached hydrogen (secondary N) is 1. The first-order valence-corrected chi connectivity index (χ1v) is 10.4. The van der Waals surface area contributed by atoms with Gasteiger partial charge < -0.3 is 15.1 Å². The molecule has 1 unspecified atom stereocenters. The maximum absolute atomic E-state index is 12.9. The maximum atomic E-state index is 12.9. The van der Waals surface area contributed by atoms with Gasteiger partial charge >= 0.3 is 6.18 Å². The van der Waals surface area contributed by atoms with Crippen LogP contribution in [0.25, 0.3) is 0 Å². The molecule has 1 atom stereocenters. The number of hydrogen-bond acceptors (Lipinski definition) is 3. The molecule has 0 aliphatic carbocycles. The van der Waals surface area contributed by atoms with Crippen LogP contribution < -0.4 is 5.32 Å². The molecule has 2 heterocycles. The van der Waals surface area contributed by atoms with E-state index in [4.69, 9.17) is 0 Å². The molecule has 1 N–H and O–H groups in total. The van der Waals surface area contributed by atoms with Crippen molar-refractivity contribution in [2.75, 3.05) is 39.8 Å². The van der Waals surface area contributed by atoms with E-state index in [2.05, 4.69) is 10.3 Å². The van der Waals surface area contributed by atoms with Crippen LogP contribution in [0.4, 0.5) is 13.2 Å². The summed E-state index contributed by atoms with van der Waals surface area (Å²) in [6, 6.07) is 6.69. The highest BCUT2D eigenvalue weighted by Gasteiger charge is 2.41. The van der Waals surface area contributed by atoms with Crippen molar-refractivity contribution in [1.29, 1.82) is 0 Å². The van der Waals surface area contributed by atoms with Gasteiger partial charge in [0.1, 0.15) is 6.04 Å². The number of benzene rings is 1. The minimum Gasteiger partial charge on any atom is -0.352 e. The van der Waals surface area contributed by atoms with Crippen LogP contribution in [-0.2, 0) is 17.9 Å². The predicted molar refractivity (Wildman–Crippen MR) is 125 cm³/mol. The van der Waals surface area contributed by atoms with E-state index in [0.717, 1.165) is 24.1 Å². The molecule has 3 rings (SSSR count). The summed E-state index contributed by atoms with van der Waals surface area (Å²) in [6.07, 6.45) is -2.62. The van der Waals surface area contributed by atoms with E-state index in [1.165, 1.54) is 11.8 Å². The molecule has 0 radical (unpaired) electrons. The Bertz CT molecular complexity index is 748. The van der Waals surface area contributed by atoms with Crippen LogP contribution >= 0.6 is 24.0 Å². The summed E-state index contributed by atoms with van der Waals surface area (Å²) >= 11 is 0. The van der Waals surface area contributed by atoms with Crippen molar-refractivity contribution >= 4 is 35.8 Å². The zero-order chi connectivity index (χ0) is 21.7. The topological polar surface area (TPSA) is 51.2 Å². The molecule has 2 aliphatic heterocycles. The second-order valence-electron chi connectivity index (χ2n) is 7.88. The Labute approximate surface area is 198 Å². The zero-order valence-corrected chi connectivity index (χ0v) is 20.3. The van der Waals surface area contributed by atoms with E-state index in [9.17, 15) is 18.0 Å². The lowest BCUT2D eigenvalue weighted by molar-refractivity contribution is -0.181. The number of nitrogens with zero attached hydrogens (tertiary/aromatic N) is 4. The largest absolute Gasteiger partial charge is 0.403 e. The Morgan fingerprint density at radius 3 is 2.23 bits per heavy atom. The van der Waals surface area contributed by atoms with Crippen LogP contribution in [-0.4, -0.2) is 78.6 Å². The summed E-state index contributed by atoms with van der Waals surface area (Å²) < 4.78 is 38.7. The normalized spacial score (nSPS) is 19.4. The molecule has 2 fully saturated rings. The average molecular weight is 553 g/mol. The Morgan fingerprint density at radius 2 is 1.71 bits per heavy atom. The molecule has 10 heteroatoms. The lowest BCUT2D eigenvalue weighted by Crippen LogP contribution is -2.56. The van der Waals surface area contributed by atoms with Crippen LogP contribution in [0.2, 0.25) is 0 Å². The van der Waals surface area contributed by atoms with Gasteiger partial charge in [0, 0.05) is 59.3 Å². The minimum absolute atomic E-state index is 0. The molecule has 1 amide bonds. The average Bonchev–Trinajstić information content (AvgIpc) is 3.13. The molecule has 0 aromatic heterocycles. The second-order valence-corrected chi connectivity index (χ2v) is 7.88. The van der Waals surface area contributed by atoms with Gasteiger partial charge in [-0.15, -0.1) is 24.0 Å². The van der Waals surface area contributed by atoms with Crippen molar-refractivity contribution < 1.29 is 18.0 Å². The van der Waals surface area contributed by atoms with E-state index in [1.54, 1.807) is 7.05 Å². The lowest BCUT2D eigenvalue weighted by atomic mass is 10.1. The number of amides is 1. The van der Waals surface area contributed by atoms with Crippen molar-refractivity contribution in [3.8, 4) is 0 Å². The number of alkyl halides is 3. The van der Waals surface area contributed by atoms with E-state index in [-0.39, 0.29) is 29.9 Å². The summed E-state index contributed by atoms with van der Waals surface area (Å²) in [4.78, 5) is 21.4. The molecule has 174 valence electrons. The molecule has 0 spiro atoms. The van der Waals surface area contributed by atoms with Crippen LogP contribution in [0.5, 0.6) is 0 Å². The fourth-order valence-corrected chi connectivity index (χ4v) is 3.90. The predicted octanol–water partition coefficient (Wildman–Crippen LogP) is 3.07. The first-order chi connectivity index (χ1) is 14.3. The first kappa shape index (κ1) is 25.7. The molecule has 6 nitrogen and oxygen atoms in total. The first-order valence-electron chi connectivity index (χ1n) is 10.4. The Balaban J connectivity index is 0.00000341. The molecule has 0 bridgehead atoms. The molecule has 31 heavy (non-hydrogen) atoms. The van der Waals surface area contributed by atoms with Crippen molar-refractivity contribution in [1.82, 2.24) is 20.0 Å². The van der Waals surface area contributed by atoms with Crippen LogP contribution in [0.1, 0.15) is 30.9 Å². The van der Waals surface area contributed by atoms with E-state index < -0.39 is 12.2 Å². The van der Waals surface area contributed by atoms with Gasteiger partial charge in [0.25, 0.3) is 0 Å². The quantitative estimate of drug-likeness (QED) is 0.346. The third kappa shape index (κ3) is 6.96. The number of carbonyl (C=O) groups is 1. The number of halogens is 4. The SMILES string of the molecule is CN=C(NCc1ccc(CN2CCCC2=O)cc1)N1CCN(C(C)C(F)(F)F)CC1.I. The van der Waals surface area contributed by atoms with Gasteiger partial charge in [-0.1, -0.05) is 24.3 Å². The molecular weight excluding hydrogens is 522 g/mol. The monoisotopic (exact) mass is 553 g/mol. The van der Waals surface area contributed by atoms with E-state index >= 15 is 0 Å². The number of rotatable bonds is 5. The van der Waals surface area contributed by atoms with E-state index in [0.29, 0.717) is 51.6 Å². The standard InChI is InChI=1S/C21H30F3N5O.HI/c1-16(21(22,23)24)27-10-12-28(13-11-27)20(25-2)26-14-17-5-7-18(8-6-17)15-29-9-3-4-19(29)30;/h5-8,16H,3-4,9-15H2,1-2H3,(H,25,26);1H. The number of guanidine groups is 1. The number of aliphatic imine (C=N–C) groups is 1. The molecule has 0 saturated carbocycles. The summed E-state index contributed by atoms with van der Waals surface area (Å²) in [7, 11) is 1.68. The van der Waals surface area contributed by atoms with Crippen LogP contribution in [0.3, 0.4) is 0 Å². The number of piperazine rings is 1. The van der Waals surface area contributed by atoms with Crippen LogP contribution in [0.15, 0.2) is 29.3 Å². The summed E-state index contributed by atoms with van der Waals surface area (Å²) in [6.45, 7) is 4.98. The second kappa shape index (κ2) is 11.3. The number of hydrogen-bond donors (Lipinski definition) is 1. The van der Waals surface area contributed by atoms with Crippen molar-refractivity contribution in [2.24, 2.45) is 4.99 Å². The van der Waals surface area contributed by atoms with Gasteiger partial charge in [0.2, 0.25) is 5.91 Å². The minimum atomic E-state index is -4.20. The summed E-state index contributed by atoms with van der Waals surface area (Å²) in [5, 5.41) is 3.30. The van der Waals surface area contributed by atoms with Gasteiger partial charge in [-0.25, -0.2) is 0 Å². The van der Waals surface area contributed by atoms with Gasteiger partial charge in [-0.05, 0) is 24.5 Å². The van der Waals surface area contributed by atoms with Gasteiger partial charge in [0.05, 0.1) is 0 Å². The van der Waals surface area contributed by atoms with Gasteiger partial charge in [0.15, 0.2) is 5.96 Å². The molecular formula is C21H31F3IN5O. The highest BCUT2D eigenvalue weighted by molar-refractivity contribution is 14.0. The summed E-state index contributed by atoms with van der Waals surface area (Å²) in [5.74, 6) is 0.912. The van der Waals surface area contributed by atoms with Gasteiger partial charge in [-0.2, -0.15) is 13.2 Å². The fourth-order valence-electron chi connectivity index (χ4n) is 3.90. The van der Waals surface area contributed by atoms with Crippen LogP contribution in [0, 0.1) is 0 Å². The fraction of sp³-hybridized carbons (Fsp3) is 0.619. The van der Waals surface area contributed by atoms with Crippen molar-refractivity contribution in [2.45, 2.75) is 45.1 Å². The number of carbonyl (C=O) groups excluding carboxylic acids is 1. The highest BCUT2D eigenvalue weighted by atomic mass is 127. The maximum Gasteiger partial charge on any atom is 0.403 e. The van der Waals surface area contributed by atoms with E-state index in [1.807, 2.05) is 34.1 Å². The zero-order valence-electron chi connectivity index (χ0n) is 18.0. The number of likely N-dealkylation sites (tertiary alicyclic amines) is 1. The Morgan fingerprint density at radius 1 is 1.10 bits per heavy atom. The molecule has 1 aromatic rings. The molecule has 1 aromatic carbocycles. The third-order valence-electron chi connectivity index (χ3n) is 5.87. The Kier molecular flexibility index (Phi) is 9.41. The van der Waals surface area contributed by atoms with Gasteiger partial charge in [-0.3, -0.25) is 14.7 Å². The summed E-state index contributed by atoms with van der Waals surface area (Å²) in [5.41, 5.74) is 2.19. The van der Waals surface area contributed by atoms with Crippen molar-refractivity contribution in [3.05, 3.63) is 35.4 Å². The smallest absolute Gasteiger partial charge is 0.352 e. The third-order valence-corrected chi connectivity index (χ3v) is 5.87. The Hall–Kier alpha value is -1.56. The molecule has 2 saturated heterocycles. The van der Waals surface area contributed by atoms with Crippen molar-refractivity contribution in [3.63, 3.8) is 0 Å². The highest BCUT2D eigenvalue weighted by Crippen LogP contribution is 2.25. The molecule has 2 aliphatic rings. The lowest BCUT2D eigenvalue weighted by Gasteiger charge is -2.39.